The van der Waals surface area contributed by atoms with E-state index < -0.39 is 21.7 Å². The van der Waals surface area contributed by atoms with Crippen molar-refractivity contribution in [1.29, 1.82) is 0 Å². The van der Waals surface area contributed by atoms with Gasteiger partial charge < -0.3 is 5.11 Å². The number of nitrogens with two attached hydrogens (primary N) is 1. The molecule has 29 heavy (non-hydrogen) atoms. The Morgan fingerprint density at radius 3 is 2.07 bits per heavy atom. The third-order valence-electron chi connectivity index (χ3n) is 4.12. The van der Waals surface area contributed by atoms with Crippen molar-refractivity contribution in [1.82, 2.24) is 0 Å². The minimum absolute atomic E-state index is 0.000205. The molecule has 0 aliphatic heterocycles. The summed E-state index contributed by atoms with van der Waals surface area (Å²) in [6.07, 6.45) is 0. The van der Waals surface area contributed by atoms with Gasteiger partial charge in [-0.2, -0.15) is 0 Å². The van der Waals surface area contributed by atoms with Gasteiger partial charge in [0.1, 0.15) is 0 Å². The molecule has 0 unspecified atom stereocenters. The Labute approximate surface area is 171 Å². The summed E-state index contributed by atoms with van der Waals surface area (Å²) in [4.78, 5) is 23.6. The number of carbonyl (C=O) groups excluding carboxylic acids is 1. The summed E-state index contributed by atoms with van der Waals surface area (Å²) in [7, 11) is -3.98. The van der Waals surface area contributed by atoms with E-state index in [1.165, 1.54) is 54.6 Å². The van der Waals surface area contributed by atoms with Gasteiger partial charge in [-0.05, 0) is 54.6 Å². The number of benzene rings is 3. The highest BCUT2D eigenvalue weighted by atomic mass is 35.5. The molecule has 0 aliphatic rings. The van der Waals surface area contributed by atoms with Crippen LogP contribution in [0, 0.1) is 0 Å². The highest BCUT2D eigenvalue weighted by Gasteiger charge is 2.26. The topological polar surface area (TPSA) is 118 Å². The number of carbonyl (C=O) groups is 2. The number of amides is 1. The Bertz CT molecular complexity index is 1180. The first-order chi connectivity index (χ1) is 13.7. The predicted octanol–water partition coefficient (Wildman–Crippen LogP) is 3.39. The van der Waals surface area contributed by atoms with E-state index in [1.54, 1.807) is 18.2 Å². The minimum Gasteiger partial charge on any atom is -0.478 e. The lowest BCUT2D eigenvalue weighted by Crippen LogP contribution is -2.38. The second-order valence-corrected chi connectivity index (χ2v) is 8.34. The maximum Gasteiger partial charge on any atom is 0.335 e. The Morgan fingerprint density at radius 2 is 1.48 bits per heavy atom. The van der Waals surface area contributed by atoms with E-state index in [4.69, 9.17) is 22.6 Å². The first kappa shape index (κ1) is 20.5. The summed E-state index contributed by atoms with van der Waals surface area (Å²) < 4.78 is 26.1. The molecule has 0 bridgehead atoms. The van der Waals surface area contributed by atoms with Crippen molar-refractivity contribution >= 4 is 39.0 Å². The van der Waals surface area contributed by atoms with Gasteiger partial charge in [-0.1, -0.05) is 29.8 Å². The maximum atomic E-state index is 13.0. The van der Waals surface area contributed by atoms with Crippen molar-refractivity contribution in [2.24, 2.45) is 5.84 Å². The van der Waals surface area contributed by atoms with Crippen LogP contribution in [0.15, 0.2) is 82.6 Å². The van der Waals surface area contributed by atoms with Crippen LogP contribution in [0.2, 0.25) is 5.02 Å². The van der Waals surface area contributed by atoms with Gasteiger partial charge in [-0.15, -0.1) is 0 Å². The number of nitrogens with zero attached hydrogens (tertiary/aromatic N) is 1. The number of aromatic carboxylic acids is 1. The van der Waals surface area contributed by atoms with Crippen LogP contribution < -0.4 is 10.9 Å². The number of anilines is 1. The highest BCUT2D eigenvalue weighted by molar-refractivity contribution is 7.91. The van der Waals surface area contributed by atoms with Crippen LogP contribution in [0.1, 0.15) is 20.7 Å². The van der Waals surface area contributed by atoms with Gasteiger partial charge in [0.05, 0.1) is 21.0 Å². The van der Waals surface area contributed by atoms with Crippen LogP contribution >= 0.6 is 11.6 Å². The third kappa shape index (κ3) is 4.14. The number of rotatable bonds is 5. The Kier molecular flexibility index (Phi) is 5.69. The fourth-order valence-electron chi connectivity index (χ4n) is 2.64. The Balaban J connectivity index is 2.05. The molecule has 0 heterocycles. The molecule has 0 aliphatic carbocycles. The first-order valence-corrected chi connectivity index (χ1v) is 10.1. The molecule has 9 heteroatoms. The molecule has 1 amide bonds. The number of hydrogen-bond donors (Lipinski definition) is 2. The van der Waals surface area contributed by atoms with E-state index in [-0.39, 0.29) is 31.6 Å². The van der Waals surface area contributed by atoms with E-state index in [1.807, 2.05) is 0 Å². The fraction of sp³-hybridized carbons (Fsp3) is 0. The average Bonchev–Trinajstić information content (AvgIpc) is 2.73. The van der Waals surface area contributed by atoms with Crippen LogP contribution in [0.5, 0.6) is 0 Å². The zero-order valence-electron chi connectivity index (χ0n) is 14.8. The molecule has 3 aromatic rings. The van der Waals surface area contributed by atoms with Crippen LogP contribution in [0.25, 0.3) is 0 Å². The molecule has 0 aromatic heterocycles. The summed E-state index contributed by atoms with van der Waals surface area (Å²) >= 11 is 6.01. The summed E-state index contributed by atoms with van der Waals surface area (Å²) in [6.45, 7) is 0. The second kappa shape index (κ2) is 8.04. The molecule has 3 N–H and O–H groups in total. The van der Waals surface area contributed by atoms with Gasteiger partial charge in [-0.3, -0.25) is 4.79 Å². The van der Waals surface area contributed by atoms with Gasteiger partial charge in [0.25, 0.3) is 5.91 Å². The molecule has 0 saturated heterocycles. The number of hydrazine groups is 1. The molecule has 0 atom stereocenters. The maximum absolute atomic E-state index is 13.0. The average molecular weight is 431 g/mol. The van der Waals surface area contributed by atoms with Crippen molar-refractivity contribution < 1.29 is 23.1 Å². The van der Waals surface area contributed by atoms with Crippen LogP contribution in [0.3, 0.4) is 0 Å². The number of hydrogen-bond acceptors (Lipinski definition) is 5. The monoisotopic (exact) mass is 430 g/mol. The molecule has 0 radical (unpaired) electrons. The van der Waals surface area contributed by atoms with E-state index in [0.717, 1.165) is 0 Å². The zero-order chi connectivity index (χ0) is 21.2. The van der Waals surface area contributed by atoms with Gasteiger partial charge in [0.15, 0.2) is 0 Å². The summed E-state index contributed by atoms with van der Waals surface area (Å²) in [6, 6.07) is 16.7. The van der Waals surface area contributed by atoms with Gasteiger partial charge in [0.2, 0.25) is 9.84 Å². The van der Waals surface area contributed by atoms with Crippen molar-refractivity contribution in [2.45, 2.75) is 9.79 Å². The van der Waals surface area contributed by atoms with Crippen LogP contribution in [-0.4, -0.2) is 25.4 Å². The van der Waals surface area contributed by atoms with Gasteiger partial charge >= 0.3 is 5.97 Å². The summed E-state index contributed by atoms with van der Waals surface area (Å²) in [5, 5.41) is 9.83. The van der Waals surface area contributed by atoms with Crippen LogP contribution in [0.4, 0.5) is 5.69 Å². The quantitative estimate of drug-likeness (QED) is 0.364. The Morgan fingerprint density at radius 1 is 0.897 bits per heavy atom. The SMILES string of the molecule is NN(C(=O)c1ccc(C(=O)O)cc1)c1cc(Cl)ccc1S(=O)(=O)c1ccccc1. The van der Waals surface area contributed by atoms with Crippen molar-refractivity contribution in [2.75, 3.05) is 5.01 Å². The number of halogens is 1. The first-order valence-electron chi connectivity index (χ1n) is 8.24. The number of carboxylic acids is 1. The molecular formula is C20H15ClN2O5S. The number of carboxylic acid groups (broad SMARTS) is 1. The largest absolute Gasteiger partial charge is 0.478 e. The molecule has 3 aromatic carbocycles. The standard InChI is InChI=1S/C20H15ClN2O5S/c21-15-10-11-18(29(27,28)16-4-2-1-3-5-16)17(12-15)23(22)19(24)13-6-8-14(9-7-13)20(25)26/h1-12H,22H2,(H,25,26). The highest BCUT2D eigenvalue weighted by Crippen LogP contribution is 2.32. The second-order valence-electron chi connectivity index (χ2n) is 5.99. The van der Waals surface area contributed by atoms with Crippen LogP contribution in [-0.2, 0) is 9.84 Å². The molecule has 0 fully saturated rings. The third-order valence-corrected chi connectivity index (χ3v) is 6.17. The van der Waals surface area contributed by atoms with Gasteiger partial charge in [-0.25, -0.2) is 24.1 Å². The lowest BCUT2D eigenvalue weighted by Gasteiger charge is -2.20. The Hall–Kier alpha value is -3.20. The molecular weight excluding hydrogens is 416 g/mol. The van der Waals surface area contributed by atoms with E-state index in [9.17, 15) is 18.0 Å². The smallest absolute Gasteiger partial charge is 0.335 e. The molecule has 7 nitrogen and oxygen atoms in total. The van der Waals surface area contributed by atoms with Crippen molar-refractivity contribution in [3.05, 3.63) is 88.9 Å². The fourth-order valence-corrected chi connectivity index (χ4v) is 4.25. The zero-order valence-corrected chi connectivity index (χ0v) is 16.4. The molecule has 148 valence electrons. The van der Waals surface area contributed by atoms with E-state index in [0.29, 0.717) is 5.01 Å². The van der Waals surface area contributed by atoms with E-state index in [2.05, 4.69) is 0 Å². The van der Waals surface area contributed by atoms with Gasteiger partial charge in [0, 0.05) is 10.6 Å². The minimum atomic E-state index is -3.98. The number of sulfone groups is 1. The summed E-state index contributed by atoms with van der Waals surface area (Å²) in [5.41, 5.74) is -0.0191. The summed E-state index contributed by atoms with van der Waals surface area (Å²) in [5.74, 6) is 4.09. The lowest BCUT2D eigenvalue weighted by atomic mass is 10.1. The van der Waals surface area contributed by atoms with E-state index >= 15 is 0 Å². The lowest BCUT2D eigenvalue weighted by molar-refractivity contribution is 0.0696. The molecule has 3 rings (SSSR count). The van der Waals surface area contributed by atoms with Crippen molar-refractivity contribution in [3.63, 3.8) is 0 Å². The molecule has 0 spiro atoms. The van der Waals surface area contributed by atoms with Crippen molar-refractivity contribution in [3.8, 4) is 0 Å². The normalized spacial score (nSPS) is 11.1. The predicted molar refractivity (Wildman–Crippen MR) is 108 cm³/mol. The molecule has 0 saturated carbocycles.